The zero-order valence-electron chi connectivity index (χ0n) is 23.5. The summed E-state index contributed by atoms with van der Waals surface area (Å²) >= 11 is 0. The fourth-order valence-corrected chi connectivity index (χ4v) is 5.18. The molecule has 1 unspecified atom stereocenters. The van der Waals surface area contributed by atoms with Crippen molar-refractivity contribution in [2.75, 3.05) is 24.9 Å². The number of nitrogens with zero attached hydrogens (tertiary/aromatic N) is 3. The molecular weight excluding hydrogens is 531 g/mol. The standard InChI is InChI=1S/C30H37FN4O4S/c1-30(2,3)32-29(37)27(20-23-14-8-6-9-15-23)34(21-24-16-12-13-19-26(24)31)28(36)22-35(40(38,39)33(4)5)25-17-10-7-11-18-25/h6-19,27H,20-22H2,1-5H3,(H,32,37). The van der Waals surface area contributed by atoms with Crippen molar-refractivity contribution in [2.45, 2.75) is 45.3 Å². The molecule has 3 aromatic carbocycles. The van der Waals surface area contributed by atoms with Crippen LogP contribution in [0.25, 0.3) is 0 Å². The van der Waals surface area contributed by atoms with Gasteiger partial charge < -0.3 is 10.2 Å². The molecule has 3 aromatic rings. The SMILES string of the molecule is CN(C)S(=O)(=O)N(CC(=O)N(Cc1ccccc1F)C(Cc1ccccc1)C(=O)NC(C)(C)C)c1ccccc1. The number of carbonyl (C=O) groups excluding carboxylic acids is 2. The van der Waals surface area contributed by atoms with Gasteiger partial charge in [-0.15, -0.1) is 0 Å². The molecule has 10 heteroatoms. The Morgan fingerprint density at radius 2 is 1.43 bits per heavy atom. The molecule has 2 amide bonds. The third-order valence-electron chi connectivity index (χ3n) is 6.13. The number of benzene rings is 3. The Balaban J connectivity index is 2.11. The molecule has 0 aliphatic carbocycles. The van der Waals surface area contributed by atoms with E-state index in [4.69, 9.17) is 0 Å². The van der Waals surface area contributed by atoms with Gasteiger partial charge in [-0.3, -0.25) is 9.59 Å². The average molecular weight is 569 g/mol. The lowest BCUT2D eigenvalue weighted by Crippen LogP contribution is -2.56. The normalized spacial score (nSPS) is 12.6. The van der Waals surface area contributed by atoms with Crippen LogP contribution in [0.15, 0.2) is 84.9 Å². The number of rotatable bonds is 11. The Morgan fingerprint density at radius 3 is 1.98 bits per heavy atom. The number of hydrogen-bond donors (Lipinski definition) is 1. The second-order valence-corrected chi connectivity index (χ2v) is 12.8. The van der Waals surface area contributed by atoms with E-state index in [1.807, 2.05) is 51.1 Å². The summed E-state index contributed by atoms with van der Waals surface area (Å²) in [5.41, 5.74) is 0.681. The summed E-state index contributed by atoms with van der Waals surface area (Å²) in [6.07, 6.45) is 0.148. The molecular formula is C30H37FN4O4S. The highest BCUT2D eigenvalue weighted by Crippen LogP contribution is 2.22. The van der Waals surface area contributed by atoms with E-state index in [1.165, 1.54) is 25.1 Å². The van der Waals surface area contributed by atoms with Gasteiger partial charge in [0.2, 0.25) is 11.8 Å². The molecule has 0 saturated carbocycles. The highest BCUT2D eigenvalue weighted by Gasteiger charge is 2.36. The van der Waals surface area contributed by atoms with Crippen molar-refractivity contribution in [3.05, 3.63) is 102 Å². The lowest BCUT2D eigenvalue weighted by molar-refractivity contribution is -0.140. The zero-order valence-corrected chi connectivity index (χ0v) is 24.4. The molecule has 40 heavy (non-hydrogen) atoms. The van der Waals surface area contributed by atoms with Crippen molar-refractivity contribution in [2.24, 2.45) is 0 Å². The van der Waals surface area contributed by atoms with Gasteiger partial charge in [0.15, 0.2) is 0 Å². The van der Waals surface area contributed by atoms with Crippen molar-refractivity contribution in [1.82, 2.24) is 14.5 Å². The maximum absolute atomic E-state index is 14.8. The second kappa shape index (κ2) is 13.1. The summed E-state index contributed by atoms with van der Waals surface area (Å²) in [5, 5.41) is 2.94. The predicted octanol–water partition coefficient (Wildman–Crippen LogP) is 3.99. The van der Waals surface area contributed by atoms with Crippen LogP contribution in [0.1, 0.15) is 31.9 Å². The third kappa shape index (κ3) is 8.12. The highest BCUT2D eigenvalue weighted by atomic mass is 32.2. The minimum absolute atomic E-state index is 0.148. The topological polar surface area (TPSA) is 90.0 Å². The van der Waals surface area contributed by atoms with Gasteiger partial charge in [0, 0.05) is 38.2 Å². The molecule has 0 aliphatic heterocycles. The smallest absolute Gasteiger partial charge is 0.304 e. The maximum atomic E-state index is 14.8. The first-order valence-electron chi connectivity index (χ1n) is 12.9. The summed E-state index contributed by atoms with van der Waals surface area (Å²) < 4.78 is 43.5. The molecule has 0 heterocycles. The van der Waals surface area contributed by atoms with E-state index >= 15 is 0 Å². The van der Waals surface area contributed by atoms with Crippen LogP contribution in [-0.2, 0) is 32.8 Å². The van der Waals surface area contributed by atoms with Gasteiger partial charge in [0.1, 0.15) is 18.4 Å². The Labute approximate surface area is 236 Å². The van der Waals surface area contributed by atoms with Crippen LogP contribution in [0, 0.1) is 5.82 Å². The Hall–Kier alpha value is -3.76. The van der Waals surface area contributed by atoms with Crippen LogP contribution < -0.4 is 9.62 Å². The molecule has 3 rings (SSSR count). The van der Waals surface area contributed by atoms with E-state index in [-0.39, 0.29) is 24.2 Å². The molecule has 1 N–H and O–H groups in total. The highest BCUT2D eigenvalue weighted by molar-refractivity contribution is 7.90. The van der Waals surface area contributed by atoms with Crippen molar-refractivity contribution in [1.29, 1.82) is 0 Å². The van der Waals surface area contributed by atoms with Crippen LogP contribution >= 0.6 is 0 Å². The Morgan fingerprint density at radius 1 is 0.875 bits per heavy atom. The molecule has 0 bridgehead atoms. The number of carbonyl (C=O) groups is 2. The molecule has 1 atom stereocenters. The van der Waals surface area contributed by atoms with Crippen LogP contribution in [0.2, 0.25) is 0 Å². The summed E-state index contributed by atoms with van der Waals surface area (Å²) in [6, 6.07) is 22.4. The van der Waals surface area contributed by atoms with E-state index in [9.17, 15) is 22.4 Å². The predicted molar refractivity (Wildman–Crippen MR) is 155 cm³/mol. The Bertz CT molecular complexity index is 1390. The Kier molecular flexibility index (Phi) is 10.1. The lowest BCUT2D eigenvalue weighted by atomic mass is 10.0. The summed E-state index contributed by atoms with van der Waals surface area (Å²) in [6.45, 7) is 4.66. The van der Waals surface area contributed by atoms with Gasteiger partial charge in [0.25, 0.3) is 0 Å². The molecule has 0 spiro atoms. The first-order valence-corrected chi connectivity index (χ1v) is 14.3. The van der Waals surface area contributed by atoms with Crippen LogP contribution in [0.5, 0.6) is 0 Å². The zero-order chi connectivity index (χ0) is 29.5. The second-order valence-electron chi connectivity index (χ2n) is 10.7. The van der Waals surface area contributed by atoms with Gasteiger partial charge in [-0.05, 0) is 44.5 Å². The maximum Gasteiger partial charge on any atom is 0.304 e. The first-order chi connectivity index (χ1) is 18.8. The van der Waals surface area contributed by atoms with Gasteiger partial charge in [-0.1, -0.05) is 66.7 Å². The van der Waals surface area contributed by atoms with Crippen molar-refractivity contribution in [3.63, 3.8) is 0 Å². The third-order valence-corrected chi connectivity index (χ3v) is 7.95. The average Bonchev–Trinajstić information content (AvgIpc) is 2.90. The van der Waals surface area contributed by atoms with E-state index in [0.717, 1.165) is 14.2 Å². The number of halogens is 1. The summed E-state index contributed by atoms with van der Waals surface area (Å²) in [5.74, 6) is -1.61. The molecule has 0 fully saturated rings. The molecule has 0 saturated heterocycles. The number of amides is 2. The summed E-state index contributed by atoms with van der Waals surface area (Å²) in [7, 11) is -1.34. The van der Waals surface area contributed by atoms with Gasteiger partial charge in [0.05, 0.1) is 5.69 Å². The van der Waals surface area contributed by atoms with Crippen LogP contribution in [0.4, 0.5) is 10.1 Å². The van der Waals surface area contributed by atoms with E-state index in [0.29, 0.717) is 0 Å². The van der Waals surface area contributed by atoms with Crippen molar-refractivity contribution < 1.29 is 22.4 Å². The summed E-state index contributed by atoms with van der Waals surface area (Å²) in [4.78, 5) is 29.1. The largest absolute Gasteiger partial charge is 0.350 e. The van der Waals surface area contributed by atoms with E-state index in [1.54, 1.807) is 48.5 Å². The van der Waals surface area contributed by atoms with E-state index in [2.05, 4.69) is 5.32 Å². The molecule has 0 radical (unpaired) electrons. The number of nitrogens with one attached hydrogen (secondary N) is 1. The fourth-order valence-electron chi connectivity index (χ4n) is 4.13. The van der Waals surface area contributed by atoms with Crippen LogP contribution in [0.3, 0.4) is 0 Å². The van der Waals surface area contributed by atoms with Gasteiger partial charge in [-0.25, -0.2) is 8.70 Å². The molecule has 0 aliphatic rings. The minimum Gasteiger partial charge on any atom is -0.350 e. The van der Waals surface area contributed by atoms with Crippen LogP contribution in [-0.4, -0.2) is 61.7 Å². The monoisotopic (exact) mass is 568 g/mol. The van der Waals surface area contributed by atoms with Crippen molar-refractivity contribution >= 4 is 27.7 Å². The first kappa shape index (κ1) is 30.8. The van der Waals surface area contributed by atoms with E-state index < -0.39 is 46.0 Å². The molecule has 214 valence electrons. The number of anilines is 1. The number of hydrogen-bond acceptors (Lipinski definition) is 4. The van der Waals surface area contributed by atoms with Crippen molar-refractivity contribution in [3.8, 4) is 0 Å². The number of para-hydroxylation sites is 1. The fraction of sp³-hybridized carbons (Fsp3) is 0.333. The quantitative estimate of drug-likeness (QED) is 0.379. The van der Waals surface area contributed by atoms with Gasteiger partial charge >= 0.3 is 10.2 Å². The minimum atomic E-state index is -4.09. The lowest BCUT2D eigenvalue weighted by Gasteiger charge is -2.35. The molecule has 8 nitrogen and oxygen atoms in total. The molecule has 0 aromatic heterocycles. The van der Waals surface area contributed by atoms with Gasteiger partial charge in [-0.2, -0.15) is 12.7 Å².